The summed E-state index contributed by atoms with van der Waals surface area (Å²) in [5, 5.41) is 0.692. The molecule has 1 aliphatic rings. The molecule has 1 aromatic heterocycles. The van der Waals surface area contributed by atoms with Gasteiger partial charge in [-0.1, -0.05) is 0 Å². The minimum atomic E-state index is -0.657. The van der Waals surface area contributed by atoms with Crippen molar-refractivity contribution >= 4 is 33.2 Å². The number of thioether (sulfide) groups is 1. The lowest BCUT2D eigenvalue weighted by Crippen LogP contribution is -2.29. The molecule has 2 aromatic rings. The first-order chi connectivity index (χ1) is 8.48. The second kappa shape index (κ2) is 3.90. The van der Waals surface area contributed by atoms with E-state index in [1.54, 1.807) is 35.2 Å². The molecule has 0 N–H and O–H groups in total. The van der Waals surface area contributed by atoms with Crippen LogP contribution in [0.25, 0.3) is 10.1 Å². The molecule has 0 saturated carbocycles. The average molecular weight is 280 g/mol. The molecule has 1 aromatic carbocycles. The van der Waals surface area contributed by atoms with E-state index in [-0.39, 0.29) is 5.43 Å². The van der Waals surface area contributed by atoms with Crippen LogP contribution in [-0.4, -0.2) is 12.0 Å². The van der Waals surface area contributed by atoms with Crippen molar-refractivity contribution in [3.63, 3.8) is 0 Å². The summed E-state index contributed by atoms with van der Waals surface area (Å²) in [5.74, 6) is 0.700. The Kier molecular flexibility index (Phi) is 2.57. The first-order valence-electron chi connectivity index (χ1n) is 5.52. The van der Waals surface area contributed by atoms with Gasteiger partial charge in [0, 0.05) is 36.1 Å². The van der Waals surface area contributed by atoms with Gasteiger partial charge in [0.2, 0.25) is 5.79 Å². The Bertz CT molecular complexity index is 688. The Morgan fingerprint density at radius 1 is 1.17 bits per heavy atom. The van der Waals surface area contributed by atoms with Gasteiger partial charge < -0.3 is 9.47 Å². The molecule has 0 aliphatic carbocycles. The van der Waals surface area contributed by atoms with Crippen LogP contribution in [0.3, 0.4) is 0 Å². The molecule has 1 aliphatic heterocycles. The standard InChI is InChI=1S/C13H12O3S2/c1-13(2)15-9-4-7-8(14)5-12(17-3)18-11(7)6-10(9)16-13/h4-6H,1-3H3. The van der Waals surface area contributed by atoms with E-state index in [0.29, 0.717) is 16.9 Å². The fraction of sp³-hybridized carbons (Fsp3) is 0.308. The molecule has 0 radical (unpaired) electrons. The lowest BCUT2D eigenvalue weighted by atomic mass is 10.2. The Hall–Kier alpha value is -1.20. The second-order valence-electron chi connectivity index (χ2n) is 4.53. The van der Waals surface area contributed by atoms with Crippen LogP contribution < -0.4 is 14.9 Å². The summed E-state index contributed by atoms with van der Waals surface area (Å²) < 4.78 is 13.3. The summed E-state index contributed by atoms with van der Waals surface area (Å²) in [6, 6.07) is 5.35. The summed E-state index contributed by atoms with van der Waals surface area (Å²) in [5.41, 5.74) is 0.0317. The van der Waals surface area contributed by atoms with Gasteiger partial charge in [-0.25, -0.2) is 0 Å². The van der Waals surface area contributed by atoms with Gasteiger partial charge in [-0.15, -0.1) is 23.1 Å². The first kappa shape index (κ1) is 11.9. The van der Waals surface area contributed by atoms with Gasteiger partial charge in [0.05, 0.1) is 4.21 Å². The van der Waals surface area contributed by atoms with Gasteiger partial charge in [0.1, 0.15) is 0 Å². The lowest BCUT2D eigenvalue weighted by Gasteiger charge is -2.16. The van der Waals surface area contributed by atoms with Gasteiger partial charge in [-0.2, -0.15) is 0 Å². The maximum atomic E-state index is 12.0. The molecule has 0 amide bonds. The van der Waals surface area contributed by atoms with E-state index in [1.807, 2.05) is 26.2 Å². The second-order valence-corrected chi connectivity index (χ2v) is 6.72. The zero-order chi connectivity index (χ0) is 12.9. The van der Waals surface area contributed by atoms with Crippen LogP contribution in [0.4, 0.5) is 0 Å². The summed E-state index contributed by atoms with van der Waals surface area (Å²) >= 11 is 3.17. The molecule has 2 heterocycles. The van der Waals surface area contributed by atoms with Crippen molar-refractivity contribution < 1.29 is 9.47 Å². The van der Waals surface area contributed by atoms with Crippen molar-refractivity contribution in [2.75, 3.05) is 6.26 Å². The largest absolute Gasteiger partial charge is 0.449 e. The van der Waals surface area contributed by atoms with Gasteiger partial charge in [-0.3, -0.25) is 4.79 Å². The fourth-order valence-corrected chi connectivity index (χ4v) is 3.60. The van der Waals surface area contributed by atoms with Crippen LogP contribution in [0, 0.1) is 0 Å². The number of hydrogen-bond acceptors (Lipinski definition) is 5. The molecule has 18 heavy (non-hydrogen) atoms. The summed E-state index contributed by atoms with van der Waals surface area (Å²) in [6.45, 7) is 3.71. The molecule has 0 atom stereocenters. The molecular formula is C13H12O3S2. The number of hydrogen-bond donors (Lipinski definition) is 0. The fourth-order valence-electron chi connectivity index (χ4n) is 1.95. The van der Waals surface area contributed by atoms with Crippen molar-refractivity contribution in [2.45, 2.75) is 23.8 Å². The minimum absolute atomic E-state index is 0.0317. The number of ether oxygens (including phenoxy) is 2. The van der Waals surface area contributed by atoms with Gasteiger partial charge >= 0.3 is 0 Å². The van der Waals surface area contributed by atoms with E-state index in [0.717, 1.165) is 8.91 Å². The molecule has 0 spiro atoms. The van der Waals surface area contributed by atoms with Crippen LogP contribution >= 0.6 is 23.1 Å². The molecule has 3 nitrogen and oxygen atoms in total. The van der Waals surface area contributed by atoms with Crippen LogP contribution in [0.15, 0.2) is 27.2 Å². The van der Waals surface area contributed by atoms with E-state index in [9.17, 15) is 4.79 Å². The zero-order valence-corrected chi connectivity index (χ0v) is 11.9. The first-order valence-corrected chi connectivity index (χ1v) is 7.56. The van der Waals surface area contributed by atoms with E-state index < -0.39 is 5.79 Å². The molecule has 0 unspecified atom stereocenters. The Balaban J connectivity index is 2.26. The lowest BCUT2D eigenvalue weighted by molar-refractivity contribution is -0.0431. The summed E-state index contributed by atoms with van der Waals surface area (Å²) in [4.78, 5) is 12.0. The monoisotopic (exact) mass is 280 g/mol. The van der Waals surface area contributed by atoms with Crippen LogP contribution in [0.2, 0.25) is 0 Å². The van der Waals surface area contributed by atoms with Crippen LogP contribution in [0.1, 0.15) is 13.8 Å². The highest BCUT2D eigenvalue weighted by Gasteiger charge is 2.32. The van der Waals surface area contributed by atoms with Crippen molar-refractivity contribution in [1.82, 2.24) is 0 Å². The maximum Gasteiger partial charge on any atom is 0.246 e. The quantitative estimate of drug-likeness (QED) is 0.749. The molecule has 5 heteroatoms. The Labute approximate surface area is 113 Å². The third-order valence-corrected chi connectivity index (χ3v) is 4.83. The third-order valence-electron chi connectivity index (χ3n) is 2.68. The highest BCUT2D eigenvalue weighted by atomic mass is 32.2. The molecule has 3 rings (SSSR count). The summed E-state index contributed by atoms with van der Waals surface area (Å²) in [7, 11) is 0. The van der Waals surface area contributed by atoms with Gasteiger partial charge in [0.25, 0.3) is 0 Å². The van der Waals surface area contributed by atoms with E-state index in [2.05, 4.69) is 0 Å². The Morgan fingerprint density at radius 3 is 2.50 bits per heavy atom. The number of rotatable bonds is 1. The van der Waals surface area contributed by atoms with Crippen LogP contribution in [0.5, 0.6) is 11.5 Å². The van der Waals surface area contributed by atoms with Gasteiger partial charge in [-0.05, 0) is 12.3 Å². The molecule has 0 bridgehead atoms. The van der Waals surface area contributed by atoms with E-state index in [1.165, 1.54) is 0 Å². The predicted octanol–water partition coefficient (Wildman–Crippen LogP) is 3.49. The predicted molar refractivity (Wildman–Crippen MR) is 75.2 cm³/mol. The van der Waals surface area contributed by atoms with E-state index >= 15 is 0 Å². The third kappa shape index (κ3) is 1.87. The number of benzene rings is 1. The van der Waals surface area contributed by atoms with Crippen molar-refractivity contribution in [2.24, 2.45) is 0 Å². The molecule has 0 saturated heterocycles. The number of fused-ring (bicyclic) bond motifs is 2. The highest BCUT2D eigenvalue weighted by Crippen LogP contribution is 2.42. The summed E-state index contributed by atoms with van der Waals surface area (Å²) in [6.07, 6.45) is 1.97. The maximum absolute atomic E-state index is 12.0. The van der Waals surface area contributed by atoms with Crippen molar-refractivity contribution in [3.05, 3.63) is 28.4 Å². The molecular weight excluding hydrogens is 268 g/mol. The SMILES string of the molecule is CSc1cc(=O)c2cc3c(cc2s1)OC(C)(C)O3. The van der Waals surface area contributed by atoms with Gasteiger partial charge in [0.15, 0.2) is 16.9 Å². The molecule has 94 valence electrons. The smallest absolute Gasteiger partial charge is 0.246 e. The molecule has 0 fully saturated rings. The van der Waals surface area contributed by atoms with Crippen molar-refractivity contribution in [1.29, 1.82) is 0 Å². The Morgan fingerprint density at radius 2 is 1.83 bits per heavy atom. The highest BCUT2D eigenvalue weighted by molar-refractivity contribution is 8.00. The topological polar surface area (TPSA) is 35.5 Å². The van der Waals surface area contributed by atoms with Crippen molar-refractivity contribution in [3.8, 4) is 11.5 Å². The average Bonchev–Trinajstić information content (AvgIpc) is 2.59. The normalized spacial score (nSPS) is 16.2. The van der Waals surface area contributed by atoms with Crippen LogP contribution in [-0.2, 0) is 0 Å². The van der Waals surface area contributed by atoms with E-state index in [4.69, 9.17) is 9.47 Å². The zero-order valence-electron chi connectivity index (χ0n) is 10.3. The minimum Gasteiger partial charge on any atom is -0.449 e.